The molecule has 1 fully saturated rings. The second-order valence-electron chi connectivity index (χ2n) is 6.26. The largest absolute Gasteiger partial charge is 0.351 e. The SMILES string of the molecule is C[C@@H](CN)NC(=O)C1CSCN1C(=O)CC(C)(C)C. The molecule has 1 rings (SSSR count). The van der Waals surface area contributed by atoms with Gasteiger partial charge in [-0.25, -0.2) is 0 Å². The minimum absolute atomic E-state index is 0.0538. The molecule has 1 heterocycles. The zero-order valence-corrected chi connectivity index (χ0v) is 13.0. The summed E-state index contributed by atoms with van der Waals surface area (Å²) >= 11 is 1.62. The Bertz CT molecular complexity index is 341. The number of hydrogen-bond donors (Lipinski definition) is 2. The summed E-state index contributed by atoms with van der Waals surface area (Å²) < 4.78 is 0. The number of carbonyl (C=O) groups excluding carboxylic acids is 2. The standard InChI is InChI=1S/C13H25N3O2S/c1-9(6-14)15-12(18)10-7-19-8-16(10)11(17)5-13(2,3)4/h9-10H,5-8,14H2,1-4H3,(H,15,18)/t9-,10?/m0/s1. The summed E-state index contributed by atoms with van der Waals surface area (Å²) in [5, 5.41) is 2.85. The molecule has 1 unspecified atom stereocenters. The first-order valence-electron chi connectivity index (χ1n) is 6.62. The number of nitrogens with one attached hydrogen (secondary N) is 1. The quantitative estimate of drug-likeness (QED) is 0.801. The van der Waals surface area contributed by atoms with E-state index in [1.807, 2.05) is 27.7 Å². The summed E-state index contributed by atoms with van der Waals surface area (Å²) in [6, 6.07) is -0.411. The Hall–Kier alpha value is -0.750. The molecule has 2 atom stereocenters. The number of amides is 2. The number of nitrogens with zero attached hydrogens (tertiary/aromatic N) is 1. The first kappa shape index (κ1) is 16.3. The molecule has 6 heteroatoms. The van der Waals surface area contributed by atoms with Gasteiger partial charge in [-0.15, -0.1) is 11.8 Å². The normalized spacial score (nSPS) is 21.3. The van der Waals surface area contributed by atoms with Crippen molar-refractivity contribution >= 4 is 23.6 Å². The van der Waals surface area contributed by atoms with Crippen LogP contribution in [0.5, 0.6) is 0 Å². The highest BCUT2D eigenvalue weighted by Crippen LogP contribution is 2.26. The molecule has 0 spiro atoms. The fourth-order valence-electron chi connectivity index (χ4n) is 1.86. The van der Waals surface area contributed by atoms with E-state index >= 15 is 0 Å². The van der Waals surface area contributed by atoms with E-state index in [4.69, 9.17) is 5.73 Å². The lowest BCUT2D eigenvalue weighted by Gasteiger charge is -2.27. The summed E-state index contributed by atoms with van der Waals surface area (Å²) in [5.74, 6) is 1.23. The van der Waals surface area contributed by atoms with Gasteiger partial charge in [0, 0.05) is 24.8 Å². The Morgan fingerprint density at radius 1 is 1.47 bits per heavy atom. The number of carbonyl (C=O) groups is 2. The molecule has 110 valence electrons. The van der Waals surface area contributed by atoms with E-state index in [-0.39, 0.29) is 29.3 Å². The molecule has 1 aliphatic rings. The van der Waals surface area contributed by atoms with Crippen molar-refractivity contribution < 1.29 is 9.59 Å². The van der Waals surface area contributed by atoms with E-state index in [0.717, 1.165) is 0 Å². The van der Waals surface area contributed by atoms with Crippen LogP contribution in [0.15, 0.2) is 0 Å². The van der Waals surface area contributed by atoms with Crippen LogP contribution >= 0.6 is 11.8 Å². The van der Waals surface area contributed by atoms with Crippen LogP contribution in [-0.4, -0.2) is 47.0 Å². The van der Waals surface area contributed by atoms with Gasteiger partial charge in [-0.1, -0.05) is 20.8 Å². The average molecular weight is 287 g/mol. The van der Waals surface area contributed by atoms with Crippen molar-refractivity contribution in [1.29, 1.82) is 0 Å². The van der Waals surface area contributed by atoms with Crippen molar-refractivity contribution in [3.8, 4) is 0 Å². The molecule has 0 aromatic rings. The van der Waals surface area contributed by atoms with Crippen molar-refractivity contribution in [3.63, 3.8) is 0 Å². The molecule has 0 bridgehead atoms. The van der Waals surface area contributed by atoms with Gasteiger partial charge in [0.15, 0.2) is 0 Å². The van der Waals surface area contributed by atoms with Gasteiger partial charge in [0.05, 0.1) is 5.88 Å². The van der Waals surface area contributed by atoms with Gasteiger partial charge in [-0.3, -0.25) is 9.59 Å². The molecule has 1 aliphatic heterocycles. The summed E-state index contributed by atoms with van der Waals surface area (Å²) in [6.07, 6.45) is 0.462. The Kier molecular flexibility index (Phi) is 5.67. The van der Waals surface area contributed by atoms with Gasteiger partial charge in [0.25, 0.3) is 0 Å². The Labute approximate surface area is 119 Å². The Morgan fingerprint density at radius 3 is 2.63 bits per heavy atom. The van der Waals surface area contributed by atoms with Gasteiger partial charge in [-0.2, -0.15) is 0 Å². The third-order valence-corrected chi connectivity index (χ3v) is 3.94. The van der Waals surface area contributed by atoms with Crippen LogP contribution in [0.25, 0.3) is 0 Å². The van der Waals surface area contributed by atoms with E-state index in [0.29, 0.717) is 24.6 Å². The lowest BCUT2D eigenvalue weighted by atomic mass is 9.91. The molecule has 0 saturated carbocycles. The van der Waals surface area contributed by atoms with Crippen molar-refractivity contribution in [2.24, 2.45) is 11.1 Å². The van der Waals surface area contributed by atoms with E-state index < -0.39 is 0 Å². The zero-order valence-electron chi connectivity index (χ0n) is 12.2. The van der Waals surface area contributed by atoms with Crippen LogP contribution in [0, 0.1) is 5.41 Å². The van der Waals surface area contributed by atoms with Crippen molar-refractivity contribution in [3.05, 3.63) is 0 Å². The molecule has 5 nitrogen and oxygen atoms in total. The summed E-state index contributed by atoms with van der Waals surface area (Å²) in [4.78, 5) is 26.0. The van der Waals surface area contributed by atoms with Crippen LogP contribution in [0.2, 0.25) is 0 Å². The van der Waals surface area contributed by atoms with Gasteiger partial charge in [0.1, 0.15) is 6.04 Å². The van der Waals surface area contributed by atoms with E-state index in [2.05, 4.69) is 5.32 Å². The van der Waals surface area contributed by atoms with E-state index in [1.54, 1.807) is 16.7 Å². The maximum atomic E-state index is 12.2. The average Bonchev–Trinajstić information content (AvgIpc) is 2.75. The zero-order chi connectivity index (χ0) is 14.6. The number of hydrogen-bond acceptors (Lipinski definition) is 4. The highest BCUT2D eigenvalue weighted by atomic mass is 32.2. The predicted molar refractivity (Wildman–Crippen MR) is 78.7 cm³/mol. The highest BCUT2D eigenvalue weighted by Gasteiger charge is 2.35. The molecule has 0 radical (unpaired) electrons. The van der Waals surface area contributed by atoms with Crippen LogP contribution in [0.3, 0.4) is 0 Å². The first-order valence-corrected chi connectivity index (χ1v) is 7.77. The van der Waals surface area contributed by atoms with E-state index in [1.165, 1.54) is 0 Å². The van der Waals surface area contributed by atoms with Crippen LogP contribution < -0.4 is 11.1 Å². The second-order valence-corrected chi connectivity index (χ2v) is 7.26. The molecule has 2 amide bonds. The molecular formula is C13H25N3O2S. The minimum Gasteiger partial charge on any atom is -0.351 e. The van der Waals surface area contributed by atoms with Gasteiger partial charge < -0.3 is 16.0 Å². The highest BCUT2D eigenvalue weighted by molar-refractivity contribution is 7.99. The Morgan fingerprint density at radius 2 is 2.11 bits per heavy atom. The van der Waals surface area contributed by atoms with Crippen LogP contribution in [0.1, 0.15) is 34.1 Å². The molecule has 1 saturated heterocycles. The van der Waals surface area contributed by atoms with Crippen LogP contribution in [-0.2, 0) is 9.59 Å². The van der Waals surface area contributed by atoms with Crippen molar-refractivity contribution in [2.75, 3.05) is 18.2 Å². The maximum Gasteiger partial charge on any atom is 0.243 e. The molecule has 19 heavy (non-hydrogen) atoms. The predicted octanol–water partition coefficient (Wildman–Crippen LogP) is 0.788. The smallest absolute Gasteiger partial charge is 0.243 e. The minimum atomic E-state index is -0.353. The summed E-state index contributed by atoms with van der Waals surface area (Å²) in [6.45, 7) is 8.35. The van der Waals surface area contributed by atoms with Crippen molar-refractivity contribution in [1.82, 2.24) is 10.2 Å². The second kappa shape index (κ2) is 6.61. The Balaban J connectivity index is 2.63. The lowest BCUT2D eigenvalue weighted by Crippen LogP contribution is -2.51. The fourth-order valence-corrected chi connectivity index (χ4v) is 3.04. The lowest BCUT2D eigenvalue weighted by molar-refractivity contribution is -0.139. The fraction of sp³-hybridized carbons (Fsp3) is 0.846. The van der Waals surface area contributed by atoms with Crippen LogP contribution in [0.4, 0.5) is 0 Å². The van der Waals surface area contributed by atoms with E-state index in [9.17, 15) is 9.59 Å². The van der Waals surface area contributed by atoms with Crippen molar-refractivity contribution in [2.45, 2.75) is 46.2 Å². The molecule has 0 aromatic carbocycles. The number of thioether (sulfide) groups is 1. The monoisotopic (exact) mass is 287 g/mol. The summed E-state index contributed by atoms with van der Waals surface area (Å²) in [5.41, 5.74) is 5.44. The van der Waals surface area contributed by atoms with Gasteiger partial charge in [-0.05, 0) is 12.3 Å². The topological polar surface area (TPSA) is 75.4 Å². The molecule has 3 N–H and O–H groups in total. The third kappa shape index (κ3) is 5.03. The number of nitrogens with two attached hydrogens (primary N) is 1. The van der Waals surface area contributed by atoms with Gasteiger partial charge >= 0.3 is 0 Å². The number of rotatable bonds is 4. The molecule has 0 aliphatic carbocycles. The molecular weight excluding hydrogens is 262 g/mol. The molecule has 0 aromatic heterocycles. The third-order valence-electron chi connectivity index (χ3n) is 2.93. The first-order chi connectivity index (χ1) is 8.74. The summed E-state index contributed by atoms with van der Waals surface area (Å²) in [7, 11) is 0. The maximum absolute atomic E-state index is 12.2. The van der Waals surface area contributed by atoms with Gasteiger partial charge in [0.2, 0.25) is 11.8 Å².